The Morgan fingerprint density at radius 2 is 1.76 bits per heavy atom. The minimum Gasteiger partial charge on any atom is -0.491 e. The lowest BCUT2D eigenvalue weighted by molar-refractivity contribution is -0.159. The molecule has 2 aromatic carbocycles. The highest BCUT2D eigenvalue weighted by Crippen LogP contribution is 2.31. The number of furan rings is 1. The van der Waals surface area contributed by atoms with Crippen molar-refractivity contribution >= 4 is 51.3 Å². The number of hydrogen-bond acceptors (Lipinski definition) is 6. The zero-order chi connectivity index (χ0) is 25.1. The first-order chi connectivity index (χ1) is 16.3. The second-order valence-electron chi connectivity index (χ2n) is 7.29. The van der Waals surface area contributed by atoms with Crippen LogP contribution in [0.25, 0.3) is 11.0 Å². The van der Waals surface area contributed by atoms with Crippen molar-refractivity contribution in [2.45, 2.75) is 33.1 Å². The van der Waals surface area contributed by atoms with Gasteiger partial charge in [0.05, 0.1) is 9.13 Å². The van der Waals surface area contributed by atoms with Crippen LogP contribution in [0.15, 0.2) is 46.9 Å². The maximum atomic E-state index is 13.4. The highest BCUT2D eigenvalue weighted by Gasteiger charge is 2.22. The third-order valence-corrected chi connectivity index (χ3v) is 5.66. The second-order valence-corrected chi connectivity index (χ2v) is 8.45. The summed E-state index contributed by atoms with van der Waals surface area (Å²) in [6.07, 6.45) is 2.83. The number of ketones is 1. The van der Waals surface area contributed by atoms with Crippen molar-refractivity contribution in [2.75, 3.05) is 19.7 Å². The number of hydrogen-bond donors (Lipinski definition) is 3. The molecule has 34 heavy (non-hydrogen) atoms. The highest BCUT2D eigenvalue weighted by molar-refractivity contribution is 14.1. The molecule has 0 saturated heterocycles. The van der Waals surface area contributed by atoms with Crippen molar-refractivity contribution in [1.82, 2.24) is 5.32 Å². The van der Waals surface area contributed by atoms with E-state index >= 15 is 0 Å². The average molecular weight is 581 g/mol. The zero-order valence-corrected chi connectivity index (χ0v) is 21.3. The van der Waals surface area contributed by atoms with Crippen LogP contribution in [0, 0.1) is 3.57 Å². The smallest absolute Gasteiger partial charge is 0.414 e. The van der Waals surface area contributed by atoms with Crippen LogP contribution in [0.3, 0.4) is 0 Å². The molecule has 0 bridgehead atoms. The fraction of sp³-hybridized carbons (Fsp3) is 0.320. The van der Waals surface area contributed by atoms with Crippen molar-refractivity contribution in [3.63, 3.8) is 0 Å². The van der Waals surface area contributed by atoms with Gasteiger partial charge in [0.25, 0.3) is 0 Å². The summed E-state index contributed by atoms with van der Waals surface area (Å²) < 4.78 is 12.8. The number of carboxylic acid groups (broad SMARTS) is 2. The van der Waals surface area contributed by atoms with Crippen molar-refractivity contribution in [3.05, 3.63) is 62.9 Å². The summed E-state index contributed by atoms with van der Waals surface area (Å²) in [7, 11) is 0. The summed E-state index contributed by atoms with van der Waals surface area (Å²) in [6, 6.07) is 13.4. The molecule has 3 N–H and O–H groups in total. The van der Waals surface area contributed by atoms with E-state index in [-0.39, 0.29) is 5.78 Å². The number of aliphatic carboxylic acids is 2. The largest absolute Gasteiger partial charge is 0.491 e. The van der Waals surface area contributed by atoms with Gasteiger partial charge in [-0.2, -0.15) is 0 Å². The van der Waals surface area contributed by atoms with Gasteiger partial charge in [0.1, 0.15) is 23.7 Å². The Morgan fingerprint density at radius 1 is 1.06 bits per heavy atom. The van der Waals surface area contributed by atoms with Gasteiger partial charge in [-0.05, 0) is 59.8 Å². The third kappa shape index (κ3) is 7.56. The molecule has 0 spiro atoms. The maximum absolute atomic E-state index is 13.4. The highest BCUT2D eigenvalue weighted by atomic mass is 127. The lowest BCUT2D eigenvalue weighted by atomic mass is 9.98. The SMILES string of the molecule is CCCCc1oc2ccccc2c1C(=O)c1ccc(OCCNCC)c(I)c1.O=C(O)C(=O)O. The molecular weight excluding hydrogens is 553 g/mol. The van der Waals surface area contributed by atoms with Crippen molar-refractivity contribution in [1.29, 1.82) is 0 Å². The molecule has 1 aromatic heterocycles. The topological polar surface area (TPSA) is 126 Å². The predicted molar refractivity (Wildman–Crippen MR) is 137 cm³/mol. The molecule has 0 atom stereocenters. The molecule has 1 heterocycles. The van der Waals surface area contributed by atoms with Crippen LogP contribution in [0.5, 0.6) is 5.75 Å². The number of nitrogens with one attached hydrogen (secondary N) is 1. The van der Waals surface area contributed by atoms with Gasteiger partial charge in [-0.15, -0.1) is 0 Å². The minimum atomic E-state index is -1.82. The van der Waals surface area contributed by atoms with E-state index in [1.54, 1.807) is 0 Å². The van der Waals surface area contributed by atoms with E-state index in [0.29, 0.717) is 17.7 Å². The van der Waals surface area contributed by atoms with Gasteiger partial charge in [0.2, 0.25) is 0 Å². The van der Waals surface area contributed by atoms with E-state index < -0.39 is 11.9 Å². The summed E-state index contributed by atoms with van der Waals surface area (Å²) in [4.78, 5) is 31.6. The number of benzene rings is 2. The van der Waals surface area contributed by atoms with Gasteiger partial charge in [-0.3, -0.25) is 4.79 Å². The number of aryl methyl sites for hydroxylation is 1. The number of carbonyl (C=O) groups is 3. The van der Waals surface area contributed by atoms with E-state index in [9.17, 15) is 4.79 Å². The number of carboxylic acids is 2. The van der Waals surface area contributed by atoms with Crippen LogP contribution in [0.4, 0.5) is 0 Å². The second kappa shape index (κ2) is 13.7. The molecule has 3 aromatic rings. The molecule has 0 aliphatic carbocycles. The number of fused-ring (bicyclic) bond motifs is 1. The standard InChI is InChI=1S/C23H26INO3.C2H2O4/c1-3-5-9-21-22(17-8-6-7-10-19(17)28-21)23(26)16-11-12-20(18(24)15-16)27-14-13-25-4-2;3-1(4)2(5)6/h6-8,10-12,15,25H,3-5,9,13-14H2,1-2H3;(H,3,4)(H,5,6). The third-order valence-electron chi connectivity index (χ3n) is 4.82. The van der Waals surface area contributed by atoms with Gasteiger partial charge in [-0.1, -0.05) is 38.5 Å². The van der Waals surface area contributed by atoms with Gasteiger partial charge in [0.15, 0.2) is 5.78 Å². The number of carbonyl (C=O) groups excluding carboxylic acids is 1. The quantitative estimate of drug-likeness (QED) is 0.136. The van der Waals surface area contributed by atoms with E-state index in [2.05, 4.69) is 41.8 Å². The van der Waals surface area contributed by atoms with Crippen molar-refractivity contribution in [2.24, 2.45) is 0 Å². The summed E-state index contributed by atoms with van der Waals surface area (Å²) in [5, 5.41) is 18.9. The molecule has 3 rings (SSSR count). The van der Waals surface area contributed by atoms with Gasteiger partial charge < -0.3 is 24.7 Å². The Balaban J connectivity index is 0.000000604. The molecule has 8 nitrogen and oxygen atoms in total. The normalized spacial score (nSPS) is 10.4. The number of unbranched alkanes of at least 4 members (excludes halogenated alkanes) is 1. The van der Waals surface area contributed by atoms with E-state index in [1.165, 1.54) is 0 Å². The minimum absolute atomic E-state index is 0.00756. The van der Waals surface area contributed by atoms with Crippen LogP contribution in [-0.2, 0) is 16.0 Å². The number of rotatable bonds is 10. The Bertz CT molecular complexity index is 1130. The molecule has 0 amide bonds. The molecule has 182 valence electrons. The summed E-state index contributed by atoms with van der Waals surface area (Å²) in [5.74, 6) is -2.05. The first kappa shape index (κ1) is 27.3. The summed E-state index contributed by atoms with van der Waals surface area (Å²) in [5.41, 5.74) is 2.13. The van der Waals surface area contributed by atoms with Gasteiger partial charge in [-0.25, -0.2) is 9.59 Å². The van der Waals surface area contributed by atoms with Crippen LogP contribution >= 0.6 is 22.6 Å². The Kier molecular flexibility index (Phi) is 11.0. The molecule has 0 fully saturated rings. The average Bonchev–Trinajstić information content (AvgIpc) is 3.19. The maximum Gasteiger partial charge on any atom is 0.414 e. The molecule has 0 radical (unpaired) electrons. The molecular formula is C25H28INO7. The molecule has 0 saturated carbocycles. The van der Waals surface area contributed by atoms with Crippen LogP contribution in [-0.4, -0.2) is 47.6 Å². The fourth-order valence-electron chi connectivity index (χ4n) is 3.17. The Hall–Kier alpha value is -2.92. The van der Waals surface area contributed by atoms with E-state index in [0.717, 1.165) is 58.4 Å². The van der Waals surface area contributed by atoms with Crippen molar-refractivity contribution in [3.8, 4) is 5.75 Å². The number of ether oxygens (including phenoxy) is 1. The summed E-state index contributed by atoms with van der Waals surface area (Å²) in [6.45, 7) is 6.53. The van der Waals surface area contributed by atoms with Crippen molar-refractivity contribution < 1.29 is 33.8 Å². The zero-order valence-electron chi connectivity index (χ0n) is 19.1. The first-order valence-electron chi connectivity index (χ1n) is 10.9. The summed E-state index contributed by atoms with van der Waals surface area (Å²) >= 11 is 2.23. The van der Waals surface area contributed by atoms with Crippen LogP contribution < -0.4 is 10.1 Å². The number of likely N-dealkylation sites (N-methyl/N-ethyl adjacent to an activating group) is 1. The van der Waals surface area contributed by atoms with Gasteiger partial charge >= 0.3 is 11.9 Å². The molecule has 0 aliphatic heterocycles. The molecule has 0 unspecified atom stereocenters. The molecule has 9 heteroatoms. The Labute approximate surface area is 211 Å². The predicted octanol–water partition coefficient (Wildman–Crippen LogP) is 4.75. The van der Waals surface area contributed by atoms with E-state index in [1.807, 2.05) is 42.5 Å². The monoisotopic (exact) mass is 581 g/mol. The van der Waals surface area contributed by atoms with E-state index in [4.69, 9.17) is 29.0 Å². The van der Waals surface area contributed by atoms with Crippen LogP contribution in [0.1, 0.15) is 48.4 Å². The Morgan fingerprint density at radius 3 is 2.38 bits per heavy atom. The lowest BCUT2D eigenvalue weighted by Crippen LogP contribution is -2.20. The molecule has 0 aliphatic rings. The lowest BCUT2D eigenvalue weighted by Gasteiger charge is -2.10. The fourth-order valence-corrected chi connectivity index (χ4v) is 3.84. The number of para-hydroxylation sites is 1. The van der Waals surface area contributed by atoms with Crippen LogP contribution in [0.2, 0.25) is 0 Å². The first-order valence-corrected chi connectivity index (χ1v) is 12.0. The number of halogens is 1. The van der Waals surface area contributed by atoms with Gasteiger partial charge in [0, 0.05) is 23.9 Å².